The van der Waals surface area contributed by atoms with Crippen LogP contribution in [0.4, 0.5) is 0 Å². The van der Waals surface area contributed by atoms with Crippen molar-refractivity contribution in [3.05, 3.63) is 27.8 Å². The van der Waals surface area contributed by atoms with E-state index in [4.69, 9.17) is 0 Å². The molecule has 1 aliphatic rings. The summed E-state index contributed by atoms with van der Waals surface area (Å²) in [5.74, 6) is 1.26. The highest BCUT2D eigenvalue weighted by atomic mass is 16.3. The molecule has 1 nitrogen and oxygen atoms in total. The van der Waals surface area contributed by atoms with Gasteiger partial charge in [-0.05, 0) is 66.8 Å². The van der Waals surface area contributed by atoms with E-state index in [0.717, 1.165) is 24.8 Å². The van der Waals surface area contributed by atoms with Crippen LogP contribution in [-0.2, 0) is 19.3 Å². The Bertz CT molecular complexity index is 405. The van der Waals surface area contributed by atoms with Crippen LogP contribution in [0.25, 0.3) is 0 Å². The van der Waals surface area contributed by atoms with Gasteiger partial charge in [0.1, 0.15) is 5.75 Å². The molecule has 0 radical (unpaired) electrons. The lowest BCUT2D eigenvalue weighted by atomic mass is 9.92. The predicted octanol–water partition coefficient (Wildman–Crippen LogP) is 3.31. The van der Waals surface area contributed by atoms with Crippen LogP contribution >= 0.6 is 0 Å². The number of hydrogen-bond acceptors (Lipinski definition) is 1. The SMILES string of the molecule is CCc1c(C)c(O)c2c(c1C)CC(C)C2. The third-order valence-corrected chi connectivity index (χ3v) is 3.82. The van der Waals surface area contributed by atoms with Gasteiger partial charge in [-0.25, -0.2) is 0 Å². The minimum atomic E-state index is 0.566. The first-order chi connectivity index (χ1) is 7.06. The molecule has 0 saturated heterocycles. The highest BCUT2D eigenvalue weighted by molar-refractivity contribution is 5.56. The van der Waals surface area contributed by atoms with Crippen molar-refractivity contribution in [3.63, 3.8) is 0 Å². The predicted molar refractivity (Wildman–Crippen MR) is 63.5 cm³/mol. The summed E-state index contributed by atoms with van der Waals surface area (Å²) in [6, 6.07) is 0. The summed E-state index contributed by atoms with van der Waals surface area (Å²) in [5, 5.41) is 10.2. The molecule has 0 saturated carbocycles. The van der Waals surface area contributed by atoms with Crippen molar-refractivity contribution < 1.29 is 5.11 Å². The Morgan fingerprint density at radius 2 is 1.73 bits per heavy atom. The van der Waals surface area contributed by atoms with E-state index in [1.807, 2.05) is 6.92 Å². The van der Waals surface area contributed by atoms with Crippen LogP contribution in [0.2, 0.25) is 0 Å². The van der Waals surface area contributed by atoms with Crippen LogP contribution in [0.3, 0.4) is 0 Å². The first-order valence-electron chi connectivity index (χ1n) is 5.89. The van der Waals surface area contributed by atoms with Crippen molar-refractivity contribution in [1.29, 1.82) is 0 Å². The van der Waals surface area contributed by atoms with Gasteiger partial charge in [-0.3, -0.25) is 0 Å². The Kier molecular flexibility index (Phi) is 2.49. The molecule has 15 heavy (non-hydrogen) atoms. The van der Waals surface area contributed by atoms with Gasteiger partial charge in [-0.2, -0.15) is 0 Å². The van der Waals surface area contributed by atoms with E-state index < -0.39 is 0 Å². The summed E-state index contributed by atoms with van der Waals surface area (Å²) in [5.41, 5.74) is 6.51. The maximum Gasteiger partial charge on any atom is 0.122 e. The minimum absolute atomic E-state index is 0.566. The fourth-order valence-corrected chi connectivity index (χ4v) is 3.00. The van der Waals surface area contributed by atoms with E-state index in [2.05, 4.69) is 20.8 Å². The summed E-state index contributed by atoms with van der Waals surface area (Å²) in [4.78, 5) is 0. The van der Waals surface area contributed by atoms with Gasteiger partial charge < -0.3 is 5.11 Å². The van der Waals surface area contributed by atoms with Gasteiger partial charge in [-0.15, -0.1) is 0 Å². The average molecular weight is 204 g/mol. The highest BCUT2D eigenvalue weighted by Gasteiger charge is 2.25. The summed E-state index contributed by atoms with van der Waals surface area (Å²) >= 11 is 0. The number of fused-ring (bicyclic) bond motifs is 1. The fourth-order valence-electron chi connectivity index (χ4n) is 3.00. The first-order valence-corrected chi connectivity index (χ1v) is 5.89. The summed E-state index contributed by atoms with van der Waals surface area (Å²) in [6.45, 7) is 8.69. The van der Waals surface area contributed by atoms with E-state index in [1.54, 1.807) is 0 Å². The third-order valence-electron chi connectivity index (χ3n) is 3.82. The lowest BCUT2D eigenvalue weighted by Crippen LogP contribution is -1.99. The van der Waals surface area contributed by atoms with E-state index >= 15 is 0 Å². The third kappa shape index (κ3) is 1.45. The van der Waals surface area contributed by atoms with Crippen LogP contribution < -0.4 is 0 Å². The lowest BCUT2D eigenvalue weighted by Gasteiger charge is -2.15. The van der Waals surface area contributed by atoms with E-state index in [1.165, 1.54) is 22.3 Å². The van der Waals surface area contributed by atoms with Crippen molar-refractivity contribution >= 4 is 0 Å². The molecule has 1 unspecified atom stereocenters. The lowest BCUT2D eigenvalue weighted by molar-refractivity contribution is 0.461. The monoisotopic (exact) mass is 204 g/mol. The zero-order valence-electron chi connectivity index (χ0n) is 10.1. The Morgan fingerprint density at radius 3 is 2.33 bits per heavy atom. The van der Waals surface area contributed by atoms with Gasteiger partial charge in [0.15, 0.2) is 0 Å². The second-order valence-corrected chi connectivity index (χ2v) is 4.90. The van der Waals surface area contributed by atoms with E-state index in [0.29, 0.717) is 11.7 Å². The zero-order chi connectivity index (χ0) is 11.2. The van der Waals surface area contributed by atoms with Gasteiger partial charge in [0.2, 0.25) is 0 Å². The van der Waals surface area contributed by atoms with Crippen molar-refractivity contribution in [3.8, 4) is 5.75 Å². The Balaban J connectivity index is 2.68. The molecule has 82 valence electrons. The van der Waals surface area contributed by atoms with Gasteiger partial charge in [0.05, 0.1) is 0 Å². The standard InChI is InChI=1S/C14H20O/c1-5-11-9(3)12-6-8(2)7-13(12)14(15)10(11)4/h8,15H,5-7H2,1-4H3. The average Bonchev–Trinajstić information content (AvgIpc) is 2.58. The Morgan fingerprint density at radius 1 is 1.13 bits per heavy atom. The van der Waals surface area contributed by atoms with Gasteiger partial charge in [-0.1, -0.05) is 13.8 Å². The molecule has 0 spiro atoms. The maximum absolute atomic E-state index is 10.2. The molecule has 1 heteroatoms. The molecule has 1 aliphatic carbocycles. The number of hydrogen-bond donors (Lipinski definition) is 1. The molecular weight excluding hydrogens is 184 g/mol. The molecule has 2 rings (SSSR count). The number of phenolic OH excluding ortho intramolecular Hbond substituents is 1. The Labute approximate surface area is 92.1 Å². The fraction of sp³-hybridized carbons (Fsp3) is 0.571. The quantitative estimate of drug-likeness (QED) is 0.744. The molecule has 0 heterocycles. The van der Waals surface area contributed by atoms with Crippen LogP contribution in [0, 0.1) is 19.8 Å². The Hall–Kier alpha value is -0.980. The van der Waals surface area contributed by atoms with Crippen molar-refractivity contribution in [2.75, 3.05) is 0 Å². The molecule has 0 fully saturated rings. The summed E-state index contributed by atoms with van der Waals surface area (Å²) in [7, 11) is 0. The molecule has 1 atom stereocenters. The van der Waals surface area contributed by atoms with Crippen LogP contribution in [0.5, 0.6) is 5.75 Å². The first kappa shape index (κ1) is 10.5. The summed E-state index contributed by atoms with van der Waals surface area (Å²) < 4.78 is 0. The maximum atomic E-state index is 10.2. The number of rotatable bonds is 1. The van der Waals surface area contributed by atoms with E-state index in [-0.39, 0.29) is 0 Å². The van der Waals surface area contributed by atoms with Gasteiger partial charge in [0, 0.05) is 0 Å². The molecule has 0 aliphatic heterocycles. The molecule has 0 aromatic heterocycles. The van der Waals surface area contributed by atoms with Crippen LogP contribution in [-0.4, -0.2) is 5.11 Å². The minimum Gasteiger partial charge on any atom is -0.507 e. The topological polar surface area (TPSA) is 20.2 Å². The molecule has 1 aromatic carbocycles. The second-order valence-electron chi connectivity index (χ2n) is 4.90. The molecule has 0 bridgehead atoms. The normalized spacial score (nSPS) is 19.3. The second kappa shape index (κ2) is 3.55. The molecule has 1 aromatic rings. The molecule has 0 amide bonds. The van der Waals surface area contributed by atoms with Gasteiger partial charge in [0.25, 0.3) is 0 Å². The highest BCUT2D eigenvalue weighted by Crippen LogP contribution is 2.39. The van der Waals surface area contributed by atoms with Crippen LogP contribution in [0.15, 0.2) is 0 Å². The smallest absolute Gasteiger partial charge is 0.122 e. The number of benzene rings is 1. The zero-order valence-corrected chi connectivity index (χ0v) is 10.1. The number of phenols is 1. The summed E-state index contributed by atoms with van der Waals surface area (Å²) in [6.07, 6.45) is 3.21. The van der Waals surface area contributed by atoms with Crippen LogP contribution in [0.1, 0.15) is 41.7 Å². The van der Waals surface area contributed by atoms with Crippen molar-refractivity contribution in [2.45, 2.75) is 47.0 Å². The van der Waals surface area contributed by atoms with E-state index in [9.17, 15) is 5.11 Å². The van der Waals surface area contributed by atoms with Crippen molar-refractivity contribution in [1.82, 2.24) is 0 Å². The van der Waals surface area contributed by atoms with Gasteiger partial charge >= 0.3 is 0 Å². The molecule has 1 N–H and O–H groups in total. The largest absolute Gasteiger partial charge is 0.507 e. The molecular formula is C14H20O. The number of aromatic hydroxyl groups is 1. The van der Waals surface area contributed by atoms with Crippen molar-refractivity contribution in [2.24, 2.45) is 5.92 Å².